The van der Waals surface area contributed by atoms with Crippen molar-refractivity contribution in [3.05, 3.63) is 24.3 Å². The second-order valence-electron chi connectivity index (χ2n) is 6.28. The number of benzene rings is 1. The number of aryl methyl sites for hydroxylation is 1. The number of anilines is 1. The van der Waals surface area contributed by atoms with E-state index in [9.17, 15) is 9.59 Å². The minimum atomic E-state index is -0.931. The molecule has 8 heteroatoms. The van der Waals surface area contributed by atoms with Crippen molar-refractivity contribution in [1.82, 2.24) is 20.2 Å². The molecule has 1 amide bonds. The predicted molar refractivity (Wildman–Crippen MR) is 81.3 cm³/mol. The Balaban J connectivity index is 1.69. The van der Waals surface area contributed by atoms with Gasteiger partial charge in [-0.1, -0.05) is 13.8 Å². The fraction of sp³-hybridized carbons (Fsp3) is 0.400. The van der Waals surface area contributed by atoms with Crippen LogP contribution >= 0.6 is 0 Å². The van der Waals surface area contributed by atoms with Crippen molar-refractivity contribution >= 4 is 17.6 Å². The third kappa shape index (κ3) is 2.67. The Morgan fingerprint density at radius 2 is 1.87 bits per heavy atom. The number of nitrogens with one attached hydrogen (secondary N) is 1. The monoisotopic (exact) mass is 315 g/mol. The lowest BCUT2D eigenvalue weighted by Crippen LogP contribution is -2.17. The van der Waals surface area contributed by atoms with E-state index in [1.807, 2.05) is 0 Å². The van der Waals surface area contributed by atoms with Gasteiger partial charge in [-0.15, -0.1) is 10.2 Å². The Morgan fingerprint density at radius 1 is 1.22 bits per heavy atom. The Hall–Kier alpha value is -2.77. The average molecular weight is 315 g/mol. The summed E-state index contributed by atoms with van der Waals surface area (Å²) in [6.45, 7) is 3.58. The molecule has 23 heavy (non-hydrogen) atoms. The van der Waals surface area contributed by atoms with Gasteiger partial charge in [0.15, 0.2) is 0 Å². The van der Waals surface area contributed by atoms with Gasteiger partial charge in [-0.3, -0.25) is 9.59 Å². The SMILES string of the molecule is Cn1nnc(-c2ccc(NC(=O)[C@@H]3[C@H](C(=O)O)C3(C)C)cc2)n1. The van der Waals surface area contributed by atoms with Crippen molar-refractivity contribution in [3.8, 4) is 11.4 Å². The van der Waals surface area contributed by atoms with Crippen molar-refractivity contribution in [2.45, 2.75) is 13.8 Å². The number of carbonyl (C=O) groups is 2. The lowest BCUT2D eigenvalue weighted by molar-refractivity contribution is -0.140. The molecule has 1 aliphatic rings. The van der Waals surface area contributed by atoms with Crippen molar-refractivity contribution < 1.29 is 14.7 Å². The third-order valence-electron chi connectivity index (χ3n) is 4.29. The summed E-state index contributed by atoms with van der Waals surface area (Å²) in [7, 11) is 1.68. The van der Waals surface area contributed by atoms with E-state index < -0.39 is 23.2 Å². The van der Waals surface area contributed by atoms with Gasteiger partial charge in [0.2, 0.25) is 11.7 Å². The Morgan fingerprint density at radius 3 is 2.35 bits per heavy atom. The molecule has 0 unspecified atom stereocenters. The number of carboxylic acids is 1. The Labute approximate surface area is 132 Å². The standard InChI is InChI=1S/C15H17N5O3/c1-15(2)10(11(15)14(22)23)13(21)16-9-6-4-8(5-7-9)12-17-19-20(3)18-12/h4-7,10-11H,1-3H3,(H,16,21)(H,22,23)/t10-,11+/m0/s1. The Kier molecular flexibility index (Phi) is 3.39. The maximum Gasteiger partial charge on any atom is 0.307 e. The minimum Gasteiger partial charge on any atom is -0.481 e. The van der Waals surface area contributed by atoms with Crippen LogP contribution in [0.4, 0.5) is 5.69 Å². The van der Waals surface area contributed by atoms with Crippen LogP contribution in [0.1, 0.15) is 13.8 Å². The summed E-state index contributed by atoms with van der Waals surface area (Å²) in [6, 6.07) is 7.02. The molecule has 120 valence electrons. The molecule has 1 aliphatic carbocycles. The fourth-order valence-corrected chi connectivity index (χ4v) is 2.91. The van der Waals surface area contributed by atoms with Crippen LogP contribution in [0.15, 0.2) is 24.3 Å². The number of carboxylic acid groups (broad SMARTS) is 1. The zero-order valence-corrected chi connectivity index (χ0v) is 13.0. The molecular weight excluding hydrogens is 298 g/mol. The van der Waals surface area contributed by atoms with E-state index in [0.29, 0.717) is 11.5 Å². The molecule has 0 saturated heterocycles. The van der Waals surface area contributed by atoms with Gasteiger partial charge in [0, 0.05) is 11.3 Å². The van der Waals surface area contributed by atoms with Gasteiger partial charge in [-0.2, -0.15) is 4.80 Å². The highest BCUT2D eigenvalue weighted by atomic mass is 16.4. The number of tetrazole rings is 1. The van der Waals surface area contributed by atoms with E-state index in [2.05, 4.69) is 20.7 Å². The maximum absolute atomic E-state index is 12.3. The summed E-state index contributed by atoms with van der Waals surface area (Å²) in [4.78, 5) is 24.8. The van der Waals surface area contributed by atoms with Crippen LogP contribution in [0, 0.1) is 17.3 Å². The van der Waals surface area contributed by atoms with Crippen LogP contribution in [-0.4, -0.2) is 37.2 Å². The first-order valence-electron chi connectivity index (χ1n) is 7.19. The van der Waals surface area contributed by atoms with Crippen LogP contribution in [0.2, 0.25) is 0 Å². The number of hydrogen-bond donors (Lipinski definition) is 2. The van der Waals surface area contributed by atoms with Gasteiger partial charge in [0.25, 0.3) is 0 Å². The number of carbonyl (C=O) groups excluding carboxylic acids is 1. The first-order chi connectivity index (χ1) is 10.8. The molecule has 1 aromatic carbocycles. The molecule has 2 N–H and O–H groups in total. The highest BCUT2D eigenvalue weighted by Crippen LogP contribution is 2.58. The first-order valence-corrected chi connectivity index (χ1v) is 7.19. The number of nitrogens with zero attached hydrogens (tertiary/aromatic N) is 4. The zero-order valence-electron chi connectivity index (χ0n) is 13.0. The lowest BCUT2D eigenvalue weighted by atomic mass is 10.1. The highest BCUT2D eigenvalue weighted by molar-refractivity contribution is 5.99. The van der Waals surface area contributed by atoms with Gasteiger partial charge in [0.1, 0.15) is 0 Å². The topological polar surface area (TPSA) is 110 Å². The second kappa shape index (κ2) is 5.15. The first kappa shape index (κ1) is 15.1. The molecule has 1 aromatic heterocycles. The number of hydrogen-bond acceptors (Lipinski definition) is 5. The molecule has 1 heterocycles. The van der Waals surface area contributed by atoms with Crippen LogP contribution in [-0.2, 0) is 16.6 Å². The summed E-state index contributed by atoms with van der Waals surface area (Å²) >= 11 is 0. The van der Waals surface area contributed by atoms with E-state index in [-0.39, 0.29) is 5.91 Å². The zero-order chi connectivity index (χ0) is 16.8. The maximum atomic E-state index is 12.3. The Bertz CT molecular complexity index is 766. The number of aromatic nitrogens is 4. The molecule has 8 nitrogen and oxygen atoms in total. The van der Waals surface area contributed by atoms with Crippen LogP contribution in [0.3, 0.4) is 0 Å². The van der Waals surface area contributed by atoms with Gasteiger partial charge in [-0.25, -0.2) is 0 Å². The molecule has 0 radical (unpaired) electrons. The molecule has 3 rings (SSSR count). The average Bonchev–Trinajstić information content (AvgIpc) is 2.83. The molecule has 0 spiro atoms. The number of aliphatic carboxylic acids is 1. The van der Waals surface area contributed by atoms with Crippen molar-refractivity contribution in [2.75, 3.05) is 5.32 Å². The number of rotatable bonds is 4. The molecule has 2 aromatic rings. The van der Waals surface area contributed by atoms with E-state index in [1.165, 1.54) is 4.80 Å². The largest absolute Gasteiger partial charge is 0.481 e. The molecule has 2 atom stereocenters. The van der Waals surface area contributed by atoms with Crippen LogP contribution < -0.4 is 5.32 Å². The summed E-state index contributed by atoms with van der Waals surface area (Å²) in [6.07, 6.45) is 0. The van der Waals surface area contributed by atoms with Gasteiger partial charge in [-0.05, 0) is 34.9 Å². The smallest absolute Gasteiger partial charge is 0.307 e. The quantitative estimate of drug-likeness (QED) is 0.876. The minimum absolute atomic E-state index is 0.271. The van der Waals surface area contributed by atoms with E-state index >= 15 is 0 Å². The van der Waals surface area contributed by atoms with Crippen molar-refractivity contribution in [1.29, 1.82) is 0 Å². The molecule has 1 fully saturated rings. The van der Waals surface area contributed by atoms with Crippen molar-refractivity contribution in [3.63, 3.8) is 0 Å². The van der Waals surface area contributed by atoms with Gasteiger partial charge >= 0.3 is 5.97 Å². The number of amides is 1. The predicted octanol–water partition coefficient (Wildman–Crippen LogP) is 1.17. The van der Waals surface area contributed by atoms with Crippen LogP contribution in [0.5, 0.6) is 0 Å². The van der Waals surface area contributed by atoms with Crippen molar-refractivity contribution in [2.24, 2.45) is 24.3 Å². The summed E-state index contributed by atoms with van der Waals surface area (Å²) in [5.74, 6) is -1.85. The van der Waals surface area contributed by atoms with E-state index in [0.717, 1.165) is 5.56 Å². The summed E-state index contributed by atoms with van der Waals surface area (Å²) in [5, 5.41) is 23.7. The van der Waals surface area contributed by atoms with Gasteiger partial charge in [0.05, 0.1) is 18.9 Å². The second-order valence-corrected chi connectivity index (χ2v) is 6.28. The van der Waals surface area contributed by atoms with Gasteiger partial charge < -0.3 is 10.4 Å². The molecule has 0 bridgehead atoms. The highest BCUT2D eigenvalue weighted by Gasteiger charge is 2.65. The molecule has 1 saturated carbocycles. The molecule has 0 aliphatic heterocycles. The third-order valence-corrected chi connectivity index (χ3v) is 4.29. The normalized spacial score (nSPS) is 21.7. The summed E-state index contributed by atoms with van der Waals surface area (Å²) < 4.78 is 0. The summed E-state index contributed by atoms with van der Waals surface area (Å²) in [5.41, 5.74) is 0.875. The molecular formula is C15H17N5O3. The lowest BCUT2D eigenvalue weighted by Gasteiger charge is -2.06. The van der Waals surface area contributed by atoms with Crippen LogP contribution in [0.25, 0.3) is 11.4 Å². The van der Waals surface area contributed by atoms with E-state index in [1.54, 1.807) is 45.2 Å². The van der Waals surface area contributed by atoms with E-state index in [4.69, 9.17) is 5.11 Å². The fourth-order valence-electron chi connectivity index (χ4n) is 2.91.